The Kier molecular flexibility index (Phi) is 21.0. The molecule has 0 N–H and O–H groups in total. The zero-order chi connectivity index (χ0) is 8.08. The average molecular weight is 226 g/mol. The molecule has 0 radical (unpaired) electrons. The first-order valence-corrected chi connectivity index (χ1v) is 3.50. The molecule has 0 aliphatic rings. The molecule has 74 valence electrons. The molecule has 0 aliphatic heterocycles. The second-order valence-corrected chi connectivity index (χ2v) is 1.84. The molecule has 0 bridgehead atoms. The molecule has 0 aromatic carbocycles. The molecule has 0 unspecified atom stereocenters. The quantitative estimate of drug-likeness (QED) is 0.275. The van der Waals surface area contributed by atoms with E-state index in [-0.39, 0.29) is 20.9 Å². The minimum absolute atomic E-state index is 0. The molecule has 0 aliphatic carbocycles. The van der Waals surface area contributed by atoms with E-state index >= 15 is 0 Å². The molecule has 0 aromatic rings. The van der Waals surface area contributed by atoms with Crippen LogP contribution < -0.4 is 0 Å². The summed E-state index contributed by atoms with van der Waals surface area (Å²) in [7, 11) is -5.17. The first-order chi connectivity index (χ1) is 3.73. The fourth-order valence-electron chi connectivity index (χ4n) is 0. The Morgan fingerprint density at radius 2 is 1.09 bits per heavy atom. The van der Waals surface area contributed by atoms with Gasteiger partial charge in [0.1, 0.15) is 0 Å². The molecule has 0 spiro atoms. The van der Waals surface area contributed by atoms with Crippen LogP contribution >= 0.6 is 13.5 Å². The van der Waals surface area contributed by atoms with Gasteiger partial charge in [0.15, 0.2) is 0 Å². The topological polar surface area (TPSA) is 143 Å². The van der Waals surface area contributed by atoms with Crippen molar-refractivity contribution >= 4 is 35.3 Å². The van der Waals surface area contributed by atoms with Gasteiger partial charge in [0.25, 0.3) is 0 Å². The lowest BCUT2D eigenvalue weighted by Crippen LogP contribution is -1.91. The van der Waals surface area contributed by atoms with Crippen molar-refractivity contribution in [3.8, 4) is 0 Å². The predicted molar refractivity (Wildman–Crippen MR) is 37.3 cm³/mol. The zero-order valence-corrected chi connectivity index (χ0v) is 6.81. The van der Waals surface area contributed by atoms with Gasteiger partial charge in [-0.2, -0.15) is 13.5 Å². The third-order valence-electron chi connectivity index (χ3n) is 0. The third kappa shape index (κ3) is 8410. The fraction of sp³-hybridized carbons (Fsp3) is 1.00. The van der Waals surface area contributed by atoms with Crippen molar-refractivity contribution in [3.05, 3.63) is 0 Å². The van der Waals surface area contributed by atoms with Crippen molar-refractivity contribution in [3.63, 3.8) is 0 Å². The minimum atomic E-state index is -5.17. The van der Waals surface area contributed by atoms with Crippen LogP contribution in [0.2, 0.25) is 0 Å². The summed E-state index contributed by atoms with van der Waals surface area (Å²) in [5, 5.41) is 0. The van der Waals surface area contributed by atoms with E-state index in [1.807, 2.05) is 0 Å². The van der Waals surface area contributed by atoms with Gasteiger partial charge in [-0.1, -0.05) is 7.43 Å². The Balaban J connectivity index is -0.0000000383. The van der Waals surface area contributed by atoms with Gasteiger partial charge >= 0.3 is 0 Å². The highest BCUT2D eigenvalue weighted by Crippen LogP contribution is 1.57. The Bertz CT molecular complexity index is 156. The molecule has 10 heteroatoms. The van der Waals surface area contributed by atoms with Crippen molar-refractivity contribution in [1.29, 1.82) is 0 Å². The molecule has 0 heterocycles. The van der Waals surface area contributed by atoms with Crippen molar-refractivity contribution in [1.82, 2.24) is 0 Å². The molecule has 0 rings (SSSR count). The van der Waals surface area contributed by atoms with Crippen LogP contribution in [0.4, 0.5) is 0 Å². The summed E-state index contributed by atoms with van der Waals surface area (Å²) < 4.78 is 59.4. The second kappa shape index (κ2) is 10.3. The van der Waals surface area contributed by atoms with Crippen LogP contribution in [0.5, 0.6) is 0 Å². The first-order valence-electron chi connectivity index (χ1n) is 1.17. The van der Waals surface area contributed by atoms with Gasteiger partial charge in [-0.05, 0) is 0 Å². The van der Waals surface area contributed by atoms with Crippen LogP contribution in [0, 0.1) is 0 Å². The van der Waals surface area contributed by atoms with E-state index < -0.39 is 21.8 Å². The molecular formula is CH6O7S3-4. The Morgan fingerprint density at radius 1 is 1.09 bits per heavy atom. The van der Waals surface area contributed by atoms with Crippen molar-refractivity contribution < 1.29 is 30.8 Å². The molecule has 0 fully saturated rings. The maximum Gasteiger partial charge on any atom is 0.0311 e. The molecule has 0 saturated carbocycles. The van der Waals surface area contributed by atoms with E-state index in [0.29, 0.717) is 0 Å². The van der Waals surface area contributed by atoms with Crippen LogP contribution in [0.15, 0.2) is 0 Å². The maximum atomic E-state index is 8.52. The van der Waals surface area contributed by atoms with Gasteiger partial charge in [0.2, 0.25) is 0 Å². The average Bonchev–Trinajstić information content (AvgIpc) is 1.19. The van der Waals surface area contributed by atoms with Crippen molar-refractivity contribution in [2.24, 2.45) is 0 Å². The monoisotopic (exact) mass is 226 g/mol. The lowest BCUT2D eigenvalue weighted by molar-refractivity contribution is 0.352. The number of rotatable bonds is 0. The first kappa shape index (κ1) is 22.5. The highest BCUT2D eigenvalue weighted by atomic mass is 32.3. The molecular weight excluding hydrogens is 220 g/mol. The molecule has 11 heavy (non-hydrogen) atoms. The lowest BCUT2D eigenvalue weighted by Gasteiger charge is -2.06. The van der Waals surface area contributed by atoms with Crippen LogP contribution in [-0.2, 0) is 21.8 Å². The zero-order valence-electron chi connectivity index (χ0n) is 4.17. The summed E-state index contributed by atoms with van der Waals surface area (Å²) in [6.45, 7) is 0. The van der Waals surface area contributed by atoms with E-state index in [0.717, 1.165) is 0 Å². The van der Waals surface area contributed by atoms with Gasteiger partial charge in [-0.15, -0.1) is 11.4 Å². The minimum Gasteiger partial charge on any atom is -0.784 e. The molecule has 0 aromatic heterocycles. The Labute approximate surface area is 74.0 Å². The third-order valence-corrected chi connectivity index (χ3v) is 0. The SMILES string of the molecule is C.O=S(=O)([O-])[O-].O=S([O-])[O-].S. The molecule has 0 saturated heterocycles. The molecule has 7 nitrogen and oxygen atoms in total. The summed E-state index contributed by atoms with van der Waals surface area (Å²) in [5.74, 6) is 0. The summed E-state index contributed by atoms with van der Waals surface area (Å²) in [6, 6.07) is 0. The van der Waals surface area contributed by atoms with E-state index in [1.165, 1.54) is 0 Å². The highest BCUT2D eigenvalue weighted by Gasteiger charge is 1.49. The second-order valence-electron chi connectivity index (χ2n) is 0.612. The Hall–Kier alpha value is 0.290. The van der Waals surface area contributed by atoms with E-state index in [1.54, 1.807) is 0 Å². The van der Waals surface area contributed by atoms with Crippen molar-refractivity contribution in [2.45, 2.75) is 7.43 Å². The van der Waals surface area contributed by atoms with Gasteiger partial charge < -0.3 is 18.2 Å². The summed E-state index contributed by atoms with van der Waals surface area (Å²) in [6.07, 6.45) is 0. The van der Waals surface area contributed by atoms with Gasteiger partial charge in [0, 0.05) is 10.4 Å². The molecule has 0 amide bonds. The van der Waals surface area contributed by atoms with Crippen LogP contribution in [0.3, 0.4) is 0 Å². The predicted octanol–water partition coefficient (Wildman–Crippen LogP) is -1.59. The van der Waals surface area contributed by atoms with E-state index in [2.05, 4.69) is 0 Å². The maximum absolute atomic E-state index is 8.52. The van der Waals surface area contributed by atoms with Gasteiger partial charge in [-0.3, -0.25) is 12.6 Å². The number of hydrogen-bond acceptors (Lipinski definition) is 7. The van der Waals surface area contributed by atoms with Crippen LogP contribution in [0.1, 0.15) is 7.43 Å². The normalized spacial score (nSPS) is 8.45. The van der Waals surface area contributed by atoms with Gasteiger partial charge in [0.05, 0.1) is 0 Å². The van der Waals surface area contributed by atoms with Crippen molar-refractivity contribution in [2.75, 3.05) is 0 Å². The standard InChI is InChI=1S/CH4.H2O4S.H2O3S.H2S/c;1-5(2,3)4;1-4(2)3;/h1H4;(H2,1,2,3,4);(H2,1,2,3);1H2/p-4. The summed E-state index contributed by atoms with van der Waals surface area (Å²) >= 11 is -3.11. The largest absolute Gasteiger partial charge is 0.784 e. The van der Waals surface area contributed by atoms with Crippen LogP contribution in [-0.4, -0.2) is 30.8 Å². The number of hydrogen-bond donors (Lipinski definition) is 0. The van der Waals surface area contributed by atoms with Crippen LogP contribution in [0.25, 0.3) is 0 Å². The highest BCUT2D eigenvalue weighted by molar-refractivity contribution is 7.79. The Morgan fingerprint density at radius 3 is 1.09 bits per heavy atom. The van der Waals surface area contributed by atoms with Gasteiger partial charge in [-0.25, -0.2) is 0 Å². The summed E-state index contributed by atoms with van der Waals surface area (Å²) in [4.78, 5) is 0. The molecule has 0 atom stereocenters. The fourth-order valence-corrected chi connectivity index (χ4v) is 0. The lowest BCUT2D eigenvalue weighted by atomic mass is 12.0. The van der Waals surface area contributed by atoms with E-state index in [9.17, 15) is 0 Å². The summed E-state index contributed by atoms with van der Waals surface area (Å²) in [5.41, 5.74) is 0. The smallest absolute Gasteiger partial charge is 0.0311 e. The van der Waals surface area contributed by atoms with E-state index in [4.69, 9.17) is 30.8 Å².